The first-order chi connectivity index (χ1) is 12.7. The highest BCUT2D eigenvalue weighted by Gasteiger charge is 2.16. The summed E-state index contributed by atoms with van der Waals surface area (Å²) in [6, 6.07) is 11.7. The second kappa shape index (κ2) is 9.62. The third-order valence-corrected chi connectivity index (χ3v) is 4.13. The third kappa shape index (κ3) is 6.77. The van der Waals surface area contributed by atoms with Gasteiger partial charge in [0.2, 0.25) is 5.91 Å². The molecule has 5 nitrogen and oxygen atoms in total. The molecule has 0 aromatic heterocycles. The number of rotatable bonds is 7. The van der Waals surface area contributed by atoms with Crippen LogP contribution in [0.3, 0.4) is 0 Å². The number of hydrogen-bond acceptors (Lipinski definition) is 3. The number of nitrogens with one attached hydrogen (secondary N) is 2. The van der Waals surface area contributed by atoms with Gasteiger partial charge in [0, 0.05) is 22.8 Å². The van der Waals surface area contributed by atoms with Gasteiger partial charge in [0.25, 0.3) is 5.91 Å². The SMILES string of the molecule is CC(C)CC(=O)Nc1ccc(NC(=O)C(C)Oc2ccc(Cl)cc2Cl)cc1. The Morgan fingerprint density at radius 1 is 0.963 bits per heavy atom. The zero-order valence-electron chi connectivity index (χ0n) is 15.4. The van der Waals surface area contributed by atoms with Crippen molar-refractivity contribution in [1.82, 2.24) is 0 Å². The smallest absolute Gasteiger partial charge is 0.265 e. The van der Waals surface area contributed by atoms with Gasteiger partial charge in [-0.15, -0.1) is 0 Å². The highest BCUT2D eigenvalue weighted by molar-refractivity contribution is 6.35. The van der Waals surface area contributed by atoms with Gasteiger partial charge in [-0.3, -0.25) is 9.59 Å². The van der Waals surface area contributed by atoms with E-state index in [9.17, 15) is 9.59 Å². The number of hydrogen-bond donors (Lipinski definition) is 2. The maximum absolute atomic E-state index is 12.3. The predicted molar refractivity (Wildman–Crippen MR) is 110 cm³/mol. The summed E-state index contributed by atoms with van der Waals surface area (Å²) < 4.78 is 5.59. The van der Waals surface area contributed by atoms with Crippen molar-refractivity contribution in [2.24, 2.45) is 5.92 Å². The molecule has 2 N–H and O–H groups in total. The fourth-order valence-electron chi connectivity index (χ4n) is 2.28. The number of amides is 2. The molecular weight excluding hydrogens is 387 g/mol. The van der Waals surface area contributed by atoms with Crippen molar-refractivity contribution in [1.29, 1.82) is 0 Å². The Hall–Kier alpha value is -2.24. The lowest BCUT2D eigenvalue weighted by molar-refractivity contribution is -0.122. The van der Waals surface area contributed by atoms with Crippen LogP contribution in [0.2, 0.25) is 10.0 Å². The molecule has 0 fully saturated rings. The molecule has 2 aromatic carbocycles. The highest BCUT2D eigenvalue weighted by Crippen LogP contribution is 2.28. The summed E-state index contributed by atoms with van der Waals surface area (Å²) in [7, 11) is 0. The molecule has 7 heteroatoms. The molecule has 2 amide bonds. The van der Waals surface area contributed by atoms with E-state index >= 15 is 0 Å². The van der Waals surface area contributed by atoms with Crippen LogP contribution in [0.5, 0.6) is 5.75 Å². The van der Waals surface area contributed by atoms with Gasteiger partial charge in [-0.1, -0.05) is 37.0 Å². The van der Waals surface area contributed by atoms with E-state index in [1.807, 2.05) is 13.8 Å². The number of anilines is 2. The van der Waals surface area contributed by atoms with E-state index in [0.29, 0.717) is 39.5 Å². The third-order valence-electron chi connectivity index (χ3n) is 3.60. The fraction of sp³-hybridized carbons (Fsp3) is 0.300. The van der Waals surface area contributed by atoms with E-state index in [1.54, 1.807) is 49.4 Å². The average molecular weight is 409 g/mol. The summed E-state index contributed by atoms with van der Waals surface area (Å²) in [5, 5.41) is 6.41. The van der Waals surface area contributed by atoms with Gasteiger partial charge < -0.3 is 15.4 Å². The van der Waals surface area contributed by atoms with Crippen LogP contribution in [-0.2, 0) is 9.59 Å². The zero-order valence-corrected chi connectivity index (χ0v) is 16.9. The molecule has 1 unspecified atom stereocenters. The summed E-state index contributed by atoms with van der Waals surface area (Å²) in [6.07, 6.45) is -0.297. The molecule has 2 aromatic rings. The second-order valence-corrected chi connectivity index (χ2v) is 7.39. The Balaban J connectivity index is 1.91. The minimum Gasteiger partial charge on any atom is -0.479 e. The zero-order chi connectivity index (χ0) is 20.0. The Morgan fingerprint density at radius 3 is 2.11 bits per heavy atom. The van der Waals surface area contributed by atoms with Crippen molar-refractivity contribution in [3.63, 3.8) is 0 Å². The minimum atomic E-state index is -0.755. The van der Waals surface area contributed by atoms with Crippen LogP contribution in [0.15, 0.2) is 42.5 Å². The predicted octanol–water partition coefficient (Wildman–Crippen LogP) is 5.38. The maximum atomic E-state index is 12.3. The summed E-state index contributed by atoms with van der Waals surface area (Å²) in [5.41, 5.74) is 1.27. The van der Waals surface area contributed by atoms with Gasteiger partial charge in [-0.2, -0.15) is 0 Å². The Labute approximate surface area is 169 Å². The summed E-state index contributed by atoms with van der Waals surface area (Å²) >= 11 is 11.9. The van der Waals surface area contributed by atoms with E-state index in [4.69, 9.17) is 27.9 Å². The first-order valence-corrected chi connectivity index (χ1v) is 9.32. The van der Waals surface area contributed by atoms with E-state index < -0.39 is 6.10 Å². The number of benzene rings is 2. The van der Waals surface area contributed by atoms with Crippen molar-refractivity contribution < 1.29 is 14.3 Å². The van der Waals surface area contributed by atoms with Gasteiger partial charge in [0.1, 0.15) is 5.75 Å². The molecule has 0 aliphatic rings. The maximum Gasteiger partial charge on any atom is 0.265 e. The Bertz CT molecular complexity index is 807. The van der Waals surface area contributed by atoms with Crippen molar-refractivity contribution in [3.05, 3.63) is 52.5 Å². The minimum absolute atomic E-state index is 0.0383. The quantitative estimate of drug-likeness (QED) is 0.645. The summed E-state index contributed by atoms with van der Waals surface area (Å²) in [5.74, 6) is 0.312. The lowest BCUT2D eigenvalue weighted by atomic mass is 10.1. The molecule has 1 atom stereocenters. The van der Waals surface area contributed by atoms with Crippen LogP contribution in [0, 0.1) is 5.92 Å². The highest BCUT2D eigenvalue weighted by atomic mass is 35.5. The number of carbonyl (C=O) groups excluding carboxylic acids is 2. The normalized spacial score (nSPS) is 11.8. The van der Waals surface area contributed by atoms with E-state index in [-0.39, 0.29) is 11.8 Å². The van der Waals surface area contributed by atoms with Crippen molar-refractivity contribution in [3.8, 4) is 5.75 Å². The first-order valence-electron chi connectivity index (χ1n) is 8.57. The lowest BCUT2D eigenvalue weighted by Gasteiger charge is -2.16. The van der Waals surface area contributed by atoms with Gasteiger partial charge in [0.15, 0.2) is 6.10 Å². The summed E-state index contributed by atoms with van der Waals surface area (Å²) in [6.45, 7) is 5.60. The molecule has 0 radical (unpaired) electrons. The standard InChI is InChI=1S/C20H22Cl2N2O3/c1-12(2)10-19(25)23-15-5-7-16(8-6-15)24-20(26)13(3)27-18-9-4-14(21)11-17(18)22/h4-9,11-13H,10H2,1-3H3,(H,23,25)(H,24,26). The van der Waals surface area contributed by atoms with Gasteiger partial charge in [0.05, 0.1) is 5.02 Å². The van der Waals surface area contributed by atoms with Crippen LogP contribution < -0.4 is 15.4 Å². The lowest BCUT2D eigenvalue weighted by Crippen LogP contribution is -2.30. The number of halogens is 2. The topological polar surface area (TPSA) is 67.4 Å². The van der Waals surface area contributed by atoms with Crippen molar-refractivity contribution in [2.75, 3.05) is 10.6 Å². The number of ether oxygens (including phenoxy) is 1. The van der Waals surface area contributed by atoms with Crippen molar-refractivity contribution in [2.45, 2.75) is 33.3 Å². The number of carbonyl (C=O) groups is 2. The fourth-order valence-corrected chi connectivity index (χ4v) is 2.73. The molecule has 0 saturated heterocycles. The van der Waals surface area contributed by atoms with Gasteiger partial charge >= 0.3 is 0 Å². The van der Waals surface area contributed by atoms with Gasteiger partial charge in [-0.25, -0.2) is 0 Å². The molecule has 0 spiro atoms. The molecular formula is C20H22Cl2N2O3. The van der Waals surface area contributed by atoms with Gasteiger partial charge in [-0.05, 0) is 55.3 Å². The van der Waals surface area contributed by atoms with E-state index in [2.05, 4.69) is 10.6 Å². The van der Waals surface area contributed by atoms with E-state index in [0.717, 1.165) is 0 Å². The molecule has 27 heavy (non-hydrogen) atoms. The van der Waals surface area contributed by atoms with Crippen LogP contribution in [0.25, 0.3) is 0 Å². The molecule has 2 rings (SSSR count). The van der Waals surface area contributed by atoms with Crippen LogP contribution in [0.4, 0.5) is 11.4 Å². The van der Waals surface area contributed by atoms with Crippen LogP contribution in [-0.4, -0.2) is 17.9 Å². The molecule has 0 aliphatic carbocycles. The molecule has 0 aliphatic heterocycles. The average Bonchev–Trinajstić information content (AvgIpc) is 2.58. The molecule has 0 heterocycles. The van der Waals surface area contributed by atoms with Crippen LogP contribution in [0.1, 0.15) is 27.2 Å². The molecule has 144 valence electrons. The second-order valence-electron chi connectivity index (χ2n) is 6.55. The Kier molecular flexibility index (Phi) is 7.51. The molecule has 0 saturated carbocycles. The molecule has 0 bridgehead atoms. The van der Waals surface area contributed by atoms with Crippen LogP contribution >= 0.6 is 23.2 Å². The van der Waals surface area contributed by atoms with E-state index in [1.165, 1.54) is 0 Å². The van der Waals surface area contributed by atoms with Crippen molar-refractivity contribution >= 4 is 46.4 Å². The Morgan fingerprint density at radius 2 is 1.56 bits per heavy atom. The monoisotopic (exact) mass is 408 g/mol. The largest absolute Gasteiger partial charge is 0.479 e. The summed E-state index contributed by atoms with van der Waals surface area (Å²) in [4.78, 5) is 24.1. The first kappa shape index (κ1) is 21.1.